The summed E-state index contributed by atoms with van der Waals surface area (Å²) in [6.07, 6.45) is 4.60. The molecule has 1 aromatic carbocycles. The van der Waals surface area contributed by atoms with Crippen molar-refractivity contribution in [3.63, 3.8) is 0 Å². The van der Waals surface area contributed by atoms with Crippen molar-refractivity contribution in [3.05, 3.63) is 41.7 Å². The molecule has 1 aliphatic carbocycles. The monoisotopic (exact) mass is 328 g/mol. The standard InChI is InChI=1S/C18H24N4O2/c1-23-18-11-22(10-16(18)17-8-19-21-20-17)9-13-4-6-15(7-5-13)24-12-14-2-3-14/h4-8,14,16,18H,2-3,9-12H2,1H3,(H,19,20,21)/t16-,18+/m0/s1. The molecule has 0 bridgehead atoms. The summed E-state index contributed by atoms with van der Waals surface area (Å²) >= 11 is 0. The minimum absolute atomic E-state index is 0.163. The topological polar surface area (TPSA) is 63.3 Å². The van der Waals surface area contributed by atoms with Gasteiger partial charge in [-0.25, -0.2) is 0 Å². The van der Waals surface area contributed by atoms with Gasteiger partial charge in [0.15, 0.2) is 0 Å². The molecule has 2 fully saturated rings. The SMILES string of the molecule is CO[C@@H]1CN(Cc2ccc(OCC3CC3)cc2)C[C@H]1c1cn[nH]n1. The summed E-state index contributed by atoms with van der Waals surface area (Å²) < 4.78 is 11.5. The quantitative estimate of drug-likeness (QED) is 0.844. The second kappa shape index (κ2) is 6.91. The van der Waals surface area contributed by atoms with Gasteiger partial charge < -0.3 is 9.47 Å². The molecule has 0 amide bonds. The van der Waals surface area contributed by atoms with Crippen LogP contribution in [-0.4, -0.2) is 53.2 Å². The van der Waals surface area contributed by atoms with Crippen molar-refractivity contribution in [2.24, 2.45) is 5.92 Å². The normalized spacial score (nSPS) is 24.4. The number of likely N-dealkylation sites (tertiary alicyclic amines) is 1. The largest absolute Gasteiger partial charge is 0.493 e. The van der Waals surface area contributed by atoms with E-state index < -0.39 is 0 Å². The fraction of sp³-hybridized carbons (Fsp3) is 0.556. The smallest absolute Gasteiger partial charge is 0.119 e. The molecule has 6 heteroatoms. The third kappa shape index (κ3) is 3.60. The molecule has 2 aliphatic rings. The second-order valence-electron chi connectivity index (χ2n) is 6.87. The Hall–Kier alpha value is -1.92. The highest BCUT2D eigenvalue weighted by atomic mass is 16.5. The van der Waals surface area contributed by atoms with Crippen LogP contribution in [0.3, 0.4) is 0 Å². The predicted molar refractivity (Wildman–Crippen MR) is 89.9 cm³/mol. The molecule has 0 radical (unpaired) electrons. The van der Waals surface area contributed by atoms with Crippen LogP contribution in [0.5, 0.6) is 5.75 Å². The number of hydrogen-bond acceptors (Lipinski definition) is 5. The zero-order chi connectivity index (χ0) is 16.4. The van der Waals surface area contributed by atoms with Gasteiger partial charge in [-0.15, -0.1) is 0 Å². The van der Waals surface area contributed by atoms with E-state index in [0.29, 0.717) is 0 Å². The summed E-state index contributed by atoms with van der Waals surface area (Å²) in [5.74, 6) is 2.03. The first kappa shape index (κ1) is 15.6. The third-order valence-corrected chi connectivity index (χ3v) is 4.97. The zero-order valence-corrected chi connectivity index (χ0v) is 14.0. The molecule has 6 nitrogen and oxygen atoms in total. The number of aromatic amines is 1. The van der Waals surface area contributed by atoms with Gasteiger partial charge in [-0.3, -0.25) is 4.90 Å². The van der Waals surface area contributed by atoms with E-state index in [-0.39, 0.29) is 12.0 Å². The molecule has 0 unspecified atom stereocenters. The van der Waals surface area contributed by atoms with Crippen LogP contribution < -0.4 is 4.74 Å². The summed E-state index contributed by atoms with van der Waals surface area (Å²) in [7, 11) is 1.77. The van der Waals surface area contributed by atoms with Gasteiger partial charge in [0.25, 0.3) is 0 Å². The number of hydrogen-bond donors (Lipinski definition) is 1. The molecule has 1 aromatic heterocycles. The van der Waals surface area contributed by atoms with E-state index in [4.69, 9.17) is 9.47 Å². The minimum atomic E-state index is 0.163. The first-order valence-corrected chi connectivity index (χ1v) is 8.64. The summed E-state index contributed by atoms with van der Waals surface area (Å²) in [5, 5.41) is 10.9. The molecule has 2 aromatic rings. The van der Waals surface area contributed by atoms with Gasteiger partial charge in [-0.2, -0.15) is 15.4 Å². The van der Waals surface area contributed by atoms with E-state index in [1.54, 1.807) is 13.3 Å². The second-order valence-corrected chi connectivity index (χ2v) is 6.87. The Bertz CT molecular complexity index is 640. The van der Waals surface area contributed by atoms with Gasteiger partial charge in [0, 0.05) is 32.7 Å². The Morgan fingerprint density at radius 2 is 2.04 bits per heavy atom. The lowest BCUT2D eigenvalue weighted by atomic mass is 10.0. The van der Waals surface area contributed by atoms with Crippen LogP contribution in [0.4, 0.5) is 0 Å². The molecule has 1 saturated heterocycles. The van der Waals surface area contributed by atoms with Crippen molar-refractivity contribution in [2.75, 3.05) is 26.8 Å². The van der Waals surface area contributed by atoms with Gasteiger partial charge in [-0.05, 0) is 36.5 Å². The maximum absolute atomic E-state index is 5.80. The fourth-order valence-electron chi connectivity index (χ4n) is 3.34. The number of ether oxygens (including phenoxy) is 2. The van der Waals surface area contributed by atoms with Crippen LogP contribution in [0.1, 0.15) is 30.0 Å². The molecule has 1 N–H and O–H groups in total. The van der Waals surface area contributed by atoms with Gasteiger partial charge in [-0.1, -0.05) is 12.1 Å². The van der Waals surface area contributed by atoms with E-state index >= 15 is 0 Å². The van der Waals surface area contributed by atoms with Crippen LogP contribution in [0.15, 0.2) is 30.5 Å². The highest BCUT2D eigenvalue weighted by Gasteiger charge is 2.35. The lowest BCUT2D eigenvalue weighted by Crippen LogP contribution is -2.22. The van der Waals surface area contributed by atoms with Gasteiger partial charge in [0.05, 0.1) is 24.6 Å². The van der Waals surface area contributed by atoms with E-state index in [9.17, 15) is 0 Å². The molecular formula is C18H24N4O2. The number of rotatable bonds is 7. The van der Waals surface area contributed by atoms with E-state index in [0.717, 1.165) is 43.6 Å². The summed E-state index contributed by atoms with van der Waals surface area (Å²) in [5.41, 5.74) is 2.28. The molecule has 1 saturated carbocycles. The van der Waals surface area contributed by atoms with Crippen LogP contribution in [0, 0.1) is 5.92 Å². The third-order valence-electron chi connectivity index (χ3n) is 4.97. The number of aromatic nitrogens is 3. The number of H-pyrrole nitrogens is 1. The molecule has 2 heterocycles. The predicted octanol–water partition coefficient (Wildman–Crippen LogP) is 2.21. The number of nitrogens with one attached hydrogen (secondary N) is 1. The summed E-state index contributed by atoms with van der Waals surface area (Å²) in [4.78, 5) is 2.41. The zero-order valence-electron chi connectivity index (χ0n) is 14.0. The highest BCUT2D eigenvalue weighted by Crippen LogP contribution is 2.30. The molecule has 2 atom stereocenters. The lowest BCUT2D eigenvalue weighted by Gasteiger charge is -2.15. The Labute approximate surface area is 142 Å². The molecule has 4 rings (SSSR count). The summed E-state index contributed by atoms with van der Waals surface area (Å²) in [6.45, 7) is 3.62. The van der Waals surface area contributed by atoms with Crippen molar-refractivity contribution < 1.29 is 9.47 Å². The molecule has 24 heavy (non-hydrogen) atoms. The van der Waals surface area contributed by atoms with Crippen LogP contribution in [0.2, 0.25) is 0 Å². The molecule has 0 spiro atoms. The summed E-state index contributed by atoms with van der Waals surface area (Å²) in [6, 6.07) is 8.48. The van der Waals surface area contributed by atoms with Crippen molar-refractivity contribution in [3.8, 4) is 5.75 Å². The first-order valence-electron chi connectivity index (χ1n) is 8.64. The van der Waals surface area contributed by atoms with Crippen molar-refractivity contribution in [1.82, 2.24) is 20.3 Å². The molecular weight excluding hydrogens is 304 g/mol. The van der Waals surface area contributed by atoms with Crippen molar-refractivity contribution in [2.45, 2.75) is 31.4 Å². The molecule has 128 valence electrons. The maximum atomic E-state index is 5.80. The number of nitrogens with zero attached hydrogens (tertiary/aromatic N) is 3. The number of methoxy groups -OCH3 is 1. The van der Waals surface area contributed by atoms with Crippen LogP contribution in [-0.2, 0) is 11.3 Å². The van der Waals surface area contributed by atoms with Crippen LogP contribution >= 0.6 is 0 Å². The van der Waals surface area contributed by atoms with Crippen LogP contribution in [0.25, 0.3) is 0 Å². The van der Waals surface area contributed by atoms with Gasteiger partial charge in [0.1, 0.15) is 5.75 Å². The van der Waals surface area contributed by atoms with E-state index in [1.807, 2.05) is 0 Å². The fourth-order valence-corrected chi connectivity index (χ4v) is 3.34. The van der Waals surface area contributed by atoms with Gasteiger partial charge in [0.2, 0.25) is 0 Å². The minimum Gasteiger partial charge on any atom is -0.493 e. The van der Waals surface area contributed by atoms with Gasteiger partial charge >= 0.3 is 0 Å². The number of benzene rings is 1. The Balaban J connectivity index is 1.34. The van der Waals surface area contributed by atoms with Crippen molar-refractivity contribution >= 4 is 0 Å². The maximum Gasteiger partial charge on any atom is 0.119 e. The lowest BCUT2D eigenvalue weighted by molar-refractivity contribution is 0.0957. The average molecular weight is 328 g/mol. The van der Waals surface area contributed by atoms with E-state index in [2.05, 4.69) is 44.6 Å². The Morgan fingerprint density at radius 3 is 2.71 bits per heavy atom. The average Bonchev–Trinajstić information content (AvgIpc) is 3.10. The molecule has 1 aliphatic heterocycles. The first-order chi connectivity index (χ1) is 11.8. The van der Waals surface area contributed by atoms with Crippen molar-refractivity contribution in [1.29, 1.82) is 0 Å². The van der Waals surface area contributed by atoms with E-state index in [1.165, 1.54) is 18.4 Å². The Kier molecular flexibility index (Phi) is 4.49. The highest BCUT2D eigenvalue weighted by molar-refractivity contribution is 5.27. The Morgan fingerprint density at radius 1 is 1.21 bits per heavy atom.